The zero-order chi connectivity index (χ0) is 23.4. The van der Waals surface area contributed by atoms with Gasteiger partial charge in [0.05, 0.1) is 5.70 Å². The summed E-state index contributed by atoms with van der Waals surface area (Å²) < 4.78 is 13.9. The van der Waals surface area contributed by atoms with Crippen LogP contribution < -0.4 is 0 Å². The number of allylic oxidation sites excluding steroid dienone is 2. The SMILES string of the molecule is C=C(CC)N(/C(=C(/c1ccc(F)cc1)C(C)CC)c1ccnc2[nH]ccc12)C1CCCCC1. The second kappa shape index (κ2) is 10.4. The van der Waals surface area contributed by atoms with Crippen LogP contribution in [-0.4, -0.2) is 20.9 Å². The number of aromatic amines is 1. The molecule has 0 amide bonds. The molecule has 0 saturated heterocycles. The zero-order valence-electron chi connectivity index (χ0n) is 20.2. The van der Waals surface area contributed by atoms with Gasteiger partial charge in [-0.15, -0.1) is 0 Å². The van der Waals surface area contributed by atoms with Gasteiger partial charge in [0.15, 0.2) is 0 Å². The summed E-state index contributed by atoms with van der Waals surface area (Å²) >= 11 is 0. The lowest BCUT2D eigenvalue weighted by Crippen LogP contribution is -2.35. The molecular weight excluding hydrogens is 409 g/mol. The summed E-state index contributed by atoms with van der Waals surface area (Å²) in [6.45, 7) is 11.2. The smallest absolute Gasteiger partial charge is 0.137 e. The van der Waals surface area contributed by atoms with E-state index in [0.717, 1.165) is 35.1 Å². The average molecular weight is 446 g/mol. The number of nitrogens with zero attached hydrogens (tertiary/aromatic N) is 2. The summed E-state index contributed by atoms with van der Waals surface area (Å²) in [5, 5.41) is 1.11. The second-order valence-corrected chi connectivity index (χ2v) is 9.26. The van der Waals surface area contributed by atoms with Gasteiger partial charge in [0.1, 0.15) is 11.5 Å². The minimum Gasteiger partial charge on any atom is -0.346 e. The Kier molecular flexibility index (Phi) is 7.32. The van der Waals surface area contributed by atoms with Gasteiger partial charge >= 0.3 is 0 Å². The van der Waals surface area contributed by atoms with E-state index in [1.54, 1.807) is 12.1 Å². The Balaban J connectivity index is 2.06. The van der Waals surface area contributed by atoms with Crippen LogP contribution in [0.5, 0.6) is 0 Å². The van der Waals surface area contributed by atoms with Gasteiger partial charge in [-0.2, -0.15) is 0 Å². The van der Waals surface area contributed by atoms with E-state index in [1.165, 1.54) is 48.9 Å². The monoisotopic (exact) mass is 445 g/mol. The summed E-state index contributed by atoms with van der Waals surface area (Å²) in [6.07, 6.45) is 11.9. The molecule has 3 aromatic rings. The number of rotatable bonds is 8. The third kappa shape index (κ3) is 4.75. The zero-order valence-corrected chi connectivity index (χ0v) is 20.2. The summed E-state index contributed by atoms with van der Waals surface area (Å²) in [5.41, 5.74) is 6.73. The van der Waals surface area contributed by atoms with E-state index >= 15 is 0 Å². The molecule has 1 atom stereocenters. The summed E-state index contributed by atoms with van der Waals surface area (Å²) in [4.78, 5) is 10.4. The first-order valence-electron chi connectivity index (χ1n) is 12.4. The molecule has 33 heavy (non-hydrogen) atoms. The van der Waals surface area contributed by atoms with E-state index in [4.69, 9.17) is 0 Å². The Bertz CT molecular complexity index is 1120. The number of fused-ring (bicyclic) bond motifs is 1. The Morgan fingerprint density at radius 3 is 2.52 bits per heavy atom. The number of halogens is 1. The van der Waals surface area contributed by atoms with E-state index < -0.39 is 0 Å². The maximum Gasteiger partial charge on any atom is 0.137 e. The van der Waals surface area contributed by atoms with Gasteiger partial charge in [0, 0.05) is 35.1 Å². The molecule has 2 aromatic heterocycles. The highest BCUT2D eigenvalue weighted by atomic mass is 19.1. The maximum atomic E-state index is 13.9. The van der Waals surface area contributed by atoms with Crippen molar-refractivity contribution in [3.63, 3.8) is 0 Å². The predicted molar refractivity (Wildman–Crippen MR) is 137 cm³/mol. The fourth-order valence-electron chi connectivity index (χ4n) is 5.17. The van der Waals surface area contributed by atoms with Crippen LogP contribution in [0, 0.1) is 11.7 Å². The molecule has 1 N–H and O–H groups in total. The van der Waals surface area contributed by atoms with Gasteiger partial charge in [-0.25, -0.2) is 9.37 Å². The second-order valence-electron chi connectivity index (χ2n) is 9.26. The van der Waals surface area contributed by atoms with Crippen molar-refractivity contribution in [1.29, 1.82) is 0 Å². The Labute approximate surface area is 197 Å². The molecule has 4 heteroatoms. The van der Waals surface area contributed by atoms with Crippen LogP contribution in [0.3, 0.4) is 0 Å². The van der Waals surface area contributed by atoms with E-state index in [-0.39, 0.29) is 5.82 Å². The third-order valence-corrected chi connectivity index (χ3v) is 7.16. The number of hydrogen-bond acceptors (Lipinski definition) is 2. The predicted octanol–water partition coefficient (Wildman–Crippen LogP) is 8.17. The van der Waals surface area contributed by atoms with E-state index in [9.17, 15) is 4.39 Å². The summed E-state index contributed by atoms with van der Waals surface area (Å²) in [6, 6.07) is 11.7. The largest absolute Gasteiger partial charge is 0.346 e. The van der Waals surface area contributed by atoms with Crippen molar-refractivity contribution in [1.82, 2.24) is 14.9 Å². The number of hydrogen-bond donors (Lipinski definition) is 1. The van der Waals surface area contributed by atoms with Crippen molar-refractivity contribution in [2.45, 2.75) is 71.8 Å². The molecule has 0 spiro atoms. The lowest BCUT2D eigenvalue weighted by atomic mass is 9.85. The molecule has 0 bridgehead atoms. The first kappa shape index (κ1) is 23.3. The normalized spacial score (nSPS) is 16.5. The van der Waals surface area contributed by atoms with Crippen LogP contribution in [-0.2, 0) is 0 Å². The lowest BCUT2D eigenvalue weighted by molar-refractivity contribution is 0.269. The van der Waals surface area contributed by atoms with Crippen LogP contribution in [0.2, 0.25) is 0 Å². The van der Waals surface area contributed by atoms with E-state index in [0.29, 0.717) is 12.0 Å². The molecule has 1 saturated carbocycles. The number of pyridine rings is 1. The van der Waals surface area contributed by atoms with Gasteiger partial charge in [0.2, 0.25) is 0 Å². The van der Waals surface area contributed by atoms with Crippen molar-refractivity contribution < 1.29 is 4.39 Å². The molecule has 2 heterocycles. The number of nitrogens with one attached hydrogen (secondary N) is 1. The molecule has 0 aliphatic heterocycles. The fourth-order valence-corrected chi connectivity index (χ4v) is 5.17. The summed E-state index contributed by atoms with van der Waals surface area (Å²) in [5.74, 6) is 0.0891. The highest BCUT2D eigenvalue weighted by molar-refractivity contribution is 5.99. The topological polar surface area (TPSA) is 31.9 Å². The van der Waals surface area contributed by atoms with Crippen molar-refractivity contribution in [2.24, 2.45) is 5.92 Å². The molecule has 1 aromatic carbocycles. The van der Waals surface area contributed by atoms with E-state index in [2.05, 4.69) is 54.4 Å². The molecule has 1 aliphatic rings. The van der Waals surface area contributed by atoms with Crippen molar-refractivity contribution in [2.75, 3.05) is 0 Å². The Morgan fingerprint density at radius 1 is 1.12 bits per heavy atom. The average Bonchev–Trinajstić information content (AvgIpc) is 3.34. The number of benzene rings is 1. The Hall–Kier alpha value is -2.88. The van der Waals surface area contributed by atoms with Crippen LogP contribution in [0.15, 0.2) is 61.1 Å². The minimum atomic E-state index is -0.206. The molecule has 0 radical (unpaired) electrons. The maximum absolute atomic E-state index is 13.9. The number of aromatic nitrogens is 2. The molecule has 1 aliphatic carbocycles. The molecule has 4 rings (SSSR count). The first-order valence-corrected chi connectivity index (χ1v) is 12.4. The minimum absolute atomic E-state index is 0.206. The van der Waals surface area contributed by atoms with Gasteiger partial charge < -0.3 is 9.88 Å². The van der Waals surface area contributed by atoms with Crippen LogP contribution >= 0.6 is 0 Å². The Morgan fingerprint density at radius 2 is 1.85 bits per heavy atom. The van der Waals surface area contributed by atoms with Gasteiger partial charge in [0.25, 0.3) is 0 Å². The van der Waals surface area contributed by atoms with Gasteiger partial charge in [-0.1, -0.05) is 58.7 Å². The van der Waals surface area contributed by atoms with Gasteiger partial charge in [-0.05, 0) is 67.0 Å². The highest BCUT2D eigenvalue weighted by Gasteiger charge is 2.30. The quantitative estimate of drug-likeness (QED) is 0.379. The first-order chi connectivity index (χ1) is 16.0. The standard InChI is InChI=1S/C29H36FN3/c1-5-20(3)27(22-12-14-23(30)15-13-22)28(25-16-18-31-29-26(25)17-19-32-29)33(21(4)6-2)24-10-8-7-9-11-24/h12-20,24H,4-11H2,1-3H3,(H,31,32)/b28-27+. The lowest BCUT2D eigenvalue weighted by Gasteiger charge is -2.41. The third-order valence-electron chi connectivity index (χ3n) is 7.16. The summed E-state index contributed by atoms with van der Waals surface area (Å²) in [7, 11) is 0. The fraction of sp³-hybridized carbons (Fsp3) is 0.414. The molecule has 174 valence electrons. The number of H-pyrrole nitrogens is 1. The molecule has 1 unspecified atom stereocenters. The van der Waals surface area contributed by atoms with Crippen molar-refractivity contribution >= 4 is 22.3 Å². The highest BCUT2D eigenvalue weighted by Crippen LogP contribution is 2.43. The molecule has 3 nitrogen and oxygen atoms in total. The molecule has 1 fully saturated rings. The van der Waals surface area contributed by atoms with Crippen molar-refractivity contribution in [3.05, 3.63) is 78.0 Å². The van der Waals surface area contributed by atoms with Crippen LogP contribution in [0.4, 0.5) is 4.39 Å². The van der Waals surface area contributed by atoms with Crippen molar-refractivity contribution in [3.8, 4) is 0 Å². The van der Waals surface area contributed by atoms with E-state index in [1.807, 2.05) is 24.5 Å². The van der Waals surface area contributed by atoms with Gasteiger partial charge in [-0.3, -0.25) is 0 Å². The van der Waals surface area contributed by atoms with Crippen LogP contribution in [0.25, 0.3) is 22.3 Å². The molecular formula is C29H36FN3. The van der Waals surface area contributed by atoms with Crippen LogP contribution in [0.1, 0.15) is 76.8 Å².